The zero-order valence-electron chi connectivity index (χ0n) is 18.4. The molecular weight excluding hydrogens is 446 g/mol. The van der Waals surface area contributed by atoms with E-state index in [0.29, 0.717) is 34.9 Å². The van der Waals surface area contributed by atoms with Gasteiger partial charge < -0.3 is 14.8 Å². The zero-order valence-corrected chi connectivity index (χ0v) is 20.0. The molecule has 1 atom stereocenters. The standard InChI is InChI=1S/C25H26ClNO4S/c1-4-20-15(13-31-19-11-6-5-8-16(19)26)12-21(32-20)24-22(25(29)30-3)14(2)27-17-9-7-10-18(28)23(17)24/h5-6,8,11-12,24,27H,4,7,9-10,13H2,1-3H3. The van der Waals surface area contributed by atoms with Crippen molar-refractivity contribution in [2.45, 2.75) is 52.1 Å². The van der Waals surface area contributed by atoms with E-state index in [-0.39, 0.29) is 5.78 Å². The Labute approximate surface area is 197 Å². The van der Waals surface area contributed by atoms with Gasteiger partial charge >= 0.3 is 5.97 Å². The maximum Gasteiger partial charge on any atom is 0.336 e. The molecule has 0 spiro atoms. The van der Waals surface area contributed by atoms with Gasteiger partial charge in [-0.3, -0.25) is 4.79 Å². The molecule has 0 saturated carbocycles. The van der Waals surface area contributed by atoms with Crippen LogP contribution in [0.2, 0.25) is 5.02 Å². The van der Waals surface area contributed by atoms with Crippen LogP contribution in [0.25, 0.3) is 0 Å². The lowest BCUT2D eigenvalue weighted by Crippen LogP contribution is -2.33. The summed E-state index contributed by atoms with van der Waals surface area (Å²) in [6.07, 6.45) is 2.95. The number of allylic oxidation sites excluding steroid dienone is 3. The largest absolute Gasteiger partial charge is 0.487 e. The number of ether oxygens (including phenoxy) is 2. The predicted octanol–water partition coefficient (Wildman–Crippen LogP) is 5.68. The number of halogens is 1. The Balaban J connectivity index is 1.74. The van der Waals surface area contributed by atoms with Crippen LogP contribution in [-0.2, 0) is 27.4 Å². The van der Waals surface area contributed by atoms with E-state index in [4.69, 9.17) is 21.1 Å². The SMILES string of the molecule is CCc1sc(C2C(C(=O)OC)=C(C)NC3=C2C(=O)CCC3)cc1COc1ccccc1Cl. The third-order valence-electron chi connectivity index (χ3n) is 5.92. The fourth-order valence-electron chi connectivity index (χ4n) is 4.42. The summed E-state index contributed by atoms with van der Waals surface area (Å²) in [6.45, 7) is 4.33. The number of carbonyl (C=O) groups is 2. The van der Waals surface area contributed by atoms with Crippen LogP contribution in [0, 0.1) is 0 Å². The highest BCUT2D eigenvalue weighted by molar-refractivity contribution is 7.12. The summed E-state index contributed by atoms with van der Waals surface area (Å²) >= 11 is 7.87. The van der Waals surface area contributed by atoms with Gasteiger partial charge in [-0.05, 0) is 44.4 Å². The molecule has 168 valence electrons. The summed E-state index contributed by atoms with van der Waals surface area (Å²) in [5, 5.41) is 3.87. The quantitative estimate of drug-likeness (QED) is 0.549. The summed E-state index contributed by atoms with van der Waals surface area (Å²) in [7, 11) is 1.38. The average molecular weight is 472 g/mol. The number of dihydropyridines is 1. The Morgan fingerprint density at radius 1 is 1.28 bits per heavy atom. The molecule has 0 bridgehead atoms. The number of rotatable bonds is 6. The Kier molecular flexibility index (Phi) is 6.72. The van der Waals surface area contributed by atoms with E-state index in [0.717, 1.165) is 46.0 Å². The number of ketones is 1. The van der Waals surface area contributed by atoms with Crippen molar-refractivity contribution in [1.29, 1.82) is 0 Å². The molecule has 1 unspecified atom stereocenters. The number of hydrogen-bond acceptors (Lipinski definition) is 6. The molecule has 0 amide bonds. The van der Waals surface area contributed by atoms with E-state index in [2.05, 4.69) is 18.3 Å². The summed E-state index contributed by atoms with van der Waals surface area (Å²) in [5.74, 6) is -0.108. The number of thiophene rings is 1. The molecule has 1 aromatic carbocycles. The molecule has 0 fully saturated rings. The number of esters is 1. The molecule has 2 heterocycles. The summed E-state index contributed by atoms with van der Waals surface area (Å²) in [6, 6.07) is 9.45. The van der Waals surface area contributed by atoms with Crippen molar-refractivity contribution in [2.24, 2.45) is 0 Å². The van der Waals surface area contributed by atoms with Crippen molar-refractivity contribution in [1.82, 2.24) is 5.32 Å². The number of benzene rings is 1. The fraction of sp³-hybridized carbons (Fsp3) is 0.360. The number of carbonyl (C=O) groups excluding carboxylic acids is 2. The van der Waals surface area contributed by atoms with E-state index in [1.165, 1.54) is 7.11 Å². The third-order valence-corrected chi connectivity index (χ3v) is 7.62. The normalized spacial score (nSPS) is 18.4. The first-order valence-corrected chi connectivity index (χ1v) is 11.9. The minimum atomic E-state index is -0.420. The number of nitrogens with one attached hydrogen (secondary N) is 1. The van der Waals surface area contributed by atoms with Crippen molar-refractivity contribution in [2.75, 3.05) is 7.11 Å². The van der Waals surface area contributed by atoms with Crippen molar-refractivity contribution < 1.29 is 19.1 Å². The van der Waals surface area contributed by atoms with Crippen LogP contribution in [0.5, 0.6) is 5.75 Å². The van der Waals surface area contributed by atoms with Gasteiger partial charge in [0.05, 0.1) is 23.6 Å². The van der Waals surface area contributed by atoms with Crippen molar-refractivity contribution >= 4 is 34.7 Å². The van der Waals surface area contributed by atoms with Crippen LogP contribution >= 0.6 is 22.9 Å². The first kappa shape index (κ1) is 22.6. The zero-order chi connectivity index (χ0) is 22.8. The van der Waals surface area contributed by atoms with Gasteiger partial charge in [0, 0.05) is 38.7 Å². The monoisotopic (exact) mass is 471 g/mol. The van der Waals surface area contributed by atoms with Crippen LogP contribution in [0.4, 0.5) is 0 Å². The number of para-hydroxylation sites is 1. The smallest absolute Gasteiger partial charge is 0.336 e. The number of methoxy groups -OCH3 is 1. The minimum Gasteiger partial charge on any atom is -0.487 e. The maximum absolute atomic E-state index is 13.0. The molecular formula is C25H26ClNO4S. The van der Waals surface area contributed by atoms with Gasteiger partial charge in [-0.1, -0.05) is 30.7 Å². The van der Waals surface area contributed by atoms with Gasteiger partial charge in [0.15, 0.2) is 5.78 Å². The summed E-state index contributed by atoms with van der Waals surface area (Å²) < 4.78 is 11.1. The molecule has 2 aliphatic rings. The molecule has 2 aromatic rings. The molecule has 1 N–H and O–H groups in total. The van der Waals surface area contributed by atoms with Crippen LogP contribution in [-0.4, -0.2) is 18.9 Å². The van der Waals surface area contributed by atoms with Crippen molar-refractivity contribution in [3.8, 4) is 5.75 Å². The lowest BCUT2D eigenvalue weighted by atomic mass is 9.78. The third kappa shape index (κ3) is 4.21. The van der Waals surface area contributed by atoms with E-state index in [9.17, 15) is 9.59 Å². The highest BCUT2D eigenvalue weighted by atomic mass is 35.5. The first-order valence-electron chi connectivity index (χ1n) is 10.8. The molecule has 7 heteroatoms. The predicted molar refractivity (Wildman–Crippen MR) is 126 cm³/mol. The lowest BCUT2D eigenvalue weighted by Gasteiger charge is -2.33. The van der Waals surface area contributed by atoms with Gasteiger partial charge in [0.2, 0.25) is 0 Å². The summed E-state index contributed by atoms with van der Waals surface area (Å²) in [5.41, 5.74) is 3.92. The molecule has 1 aliphatic carbocycles. The van der Waals surface area contributed by atoms with Crippen LogP contribution < -0.4 is 10.1 Å². The summed E-state index contributed by atoms with van der Waals surface area (Å²) in [4.78, 5) is 27.9. The fourth-order valence-corrected chi connectivity index (χ4v) is 5.84. The van der Waals surface area contributed by atoms with E-state index in [1.54, 1.807) is 17.4 Å². The second-order valence-corrected chi connectivity index (χ2v) is 9.50. The first-order chi connectivity index (χ1) is 15.4. The number of Topliss-reactive ketones (excluding diaryl/α,β-unsaturated/α-hetero) is 1. The lowest BCUT2D eigenvalue weighted by molar-refractivity contribution is -0.136. The molecule has 0 saturated heterocycles. The second kappa shape index (κ2) is 9.51. The Hall–Kier alpha value is -2.57. The molecule has 32 heavy (non-hydrogen) atoms. The number of aryl methyl sites for hydroxylation is 1. The van der Waals surface area contributed by atoms with Crippen molar-refractivity contribution in [3.63, 3.8) is 0 Å². The molecule has 5 nitrogen and oxygen atoms in total. The molecule has 1 aliphatic heterocycles. The van der Waals surface area contributed by atoms with Crippen molar-refractivity contribution in [3.05, 3.63) is 73.2 Å². The minimum absolute atomic E-state index is 0.0953. The maximum atomic E-state index is 13.0. The van der Waals surface area contributed by atoms with E-state index < -0.39 is 11.9 Å². The Morgan fingerprint density at radius 3 is 2.78 bits per heavy atom. The van der Waals surface area contributed by atoms with Gasteiger partial charge in [0.1, 0.15) is 12.4 Å². The molecule has 1 aromatic heterocycles. The van der Waals surface area contributed by atoms with Crippen LogP contribution in [0.1, 0.15) is 54.3 Å². The van der Waals surface area contributed by atoms with E-state index >= 15 is 0 Å². The van der Waals surface area contributed by atoms with Gasteiger partial charge in [-0.25, -0.2) is 4.79 Å². The molecule has 4 rings (SSSR count). The molecule has 0 radical (unpaired) electrons. The average Bonchev–Trinajstić information content (AvgIpc) is 3.20. The van der Waals surface area contributed by atoms with Gasteiger partial charge in [-0.2, -0.15) is 0 Å². The number of hydrogen-bond donors (Lipinski definition) is 1. The van der Waals surface area contributed by atoms with E-state index in [1.807, 2.05) is 25.1 Å². The Morgan fingerprint density at radius 2 is 2.06 bits per heavy atom. The van der Waals surface area contributed by atoms with Gasteiger partial charge in [-0.15, -0.1) is 11.3 Å². The highest BCUT2D eigenvalue weighted by Gasteiger charge is 2.40. The highest BCUT2D eigenvalue weighted by Crippen LogP contribution is 2.45. The Bertz CT molecular complexity index is 1130. The van der Waals surface area contributed by atoms with Crippen LogP contribution in [0.3, 0.4) is 0 Å². The van der Waals surface area contributed by atoms with Crippen LogP contribution in [0.15, 0.2) is 52.9 Å². The topological polar surface area (TPSA) is 64.6 Å². The second-order valence-electron chi connectivity index (χ2n) is 7.93. The van der Waals surface area contributed by atoms with Gasteiger partial charge in [0.25, 0.3) is 0 Å².